The third-order valence-corrected chi connectivity index (χ3v) is 1.39. The lowest BCUT2D eigenvalue weighted by Crippen LogP contribution is -2.26. The fourth-order valence-corrected chi connectivity index (χ4v) is 0.821. The van der Waals surface area contributed by atoms with E-state index in [1.807, 2.05) is 13.8 Å². The van der Waals surface area contributed by atoms with Gasteiger partial charge in [-0.05, 0) is 12.8 Å². The van der Waals surface area contributed by atoms with Crippen molar-refractivity contribution < 1.29 is 9.59 Å². The van der Waals surface area contributed by atoms with Crippen LogP contribution in [0.15, 0.2) is 0 Å². The maximum absolute atomic E-state index is 11.0. The molecule has 70 valence electrons. The van der Waals surface area contributed by atoms with Crippen LogP contribution in [0.1, 0.15) is 33.6 Å². The summed E-state index contributed by atoms with van der Waals surface area (Å²) in [6, 6.07) is 0. The van der Waals surface area contributed by atoms with Gasteiger partial charge in [0.05, 0.1) is 0 Å². The van der Waals surface area contributed by atoms with E-state index in [0.29, 0.717) is 25.3 Å². The minimum atomic E-state index is 0.0336. The van der Waals surface area contributed by atoms with Crippen LogP contribution in [0, 0.1) is 5.92 Å². The Balaban J connectivity index is 3.38. The molecule has 12 heavy (non-hydrogen) atoms. The number of amides is 1. The molecule has 0 bridgehead atoms. The second-order valence-electron chi connectivity index (χ2n) is 3.40. The molecule has 0 aromatic heterocycles. The van der Waals surface area contributed by atoms with Gasteiger partial charge in [-0.15, -0.1) is 0 Å². The van der Waals surface area contributed by atoms with Crippen molar-refractivity contribution in [2.24, 2.45) is 5.92 Å². The monoisotopic (exact) mass is 171 g/mol. The summed E-state index contributed by atoms with van der Waals surface area (Å²) in [5.74, 6) is 0.522. The van der Waals surface area contributed by atoms with Gasteiger partial charge in [-0.1, -0.05) is 13.8 Å². The summed E-state index contributed by atoms with van der Waals surface area (Å²) in [4.78, 5) is 21.5. The van der Waals surface area contributed by atoms with Gasteiger partial charge >= 0.3 is 0 Å². The Morgan fingerprint density at radius 2 is 1.92 bits per heavy atom. The maximum atomic E-state index is 11.0. The predicted molar refractivity (Wildman–Crippen MR) is 47.8 cm³/mol. The van der Waals surface area contributed by atoms with E-state index >= 15 is 0 Å². The molecule has 3 nitrogen and oxygen atoms in total. The standard InChI is InChI=1S/C9H17NO2/c1-7(2)6-9(12)10-5-4-8(3)11/h7H,4-6H2,1-3H3,(H,10,12). The number of carbonyl (C=O) groups excluding carboxylic acids is 2. The topological polar surface area (TPSA) is 46.2 Å². The van der Waals surface area contributed by atoms with Crippen LogP contribution < -0.4 is 5.32 Å². The zero-order valence-corrected chi connectivity index (χ0v) is 8.02. The Morgan fingerprint density at radius 3 is 2.33 bits per heavy atom. The lowest BCUT2D eigenvalue weighted by Gasteiger charge is -2.05. The fraction of sp³-hybridized carbons (Fsp3) is 0.778. The first-order valence-electron chi connectivity index (χ1n) is 4.28. The van der Waals surface area contributed by atoms with E-state index in [-0.39, 0.29) is 11.7 Å². The van der Waals surface area contributed by atoms with E-state index < -0.39 is 0 Å². The smallest absolute Gasteiger partial charge is 0.220 e. The van der Waals surface area contributed by atoms with Crippen LogP contribution in [-0.2, 0) is 9.59 Å². The summed E-state index contributed by atoms with van der Waals surface area (Å²) < 4.78 is 0. The molecule has 0 saturated heterocycles. The van der Waals surface area contributed by atoms with Gasteiger partial charge in [0, 0.05) is 19.4 Å². The van der Waals surface area contributed by atoms with Gasteiger partial charge in [0.25, 0.3) is 0 Å². The van der Waals surface area contributed by atoms with Crippen LogP contribution in [0.25, 0.3) is 0 Å². The van der Waals surface area contributed by atoms with E-state index in [2.05, 4.69) is 5.32 Å². The van der Waals surface area contributed by atoms with Crippen LogP contribution in [0.3, 0.4) is 0 Å². The molecule has 1 N–H and O–H groups in total. The maximum Gasteiger partial charge on any atom is 0.220 e. The highest BCUT2D eigenvalue weighted by Crippen LogP contribution is 1.97. The quantitative estimate of drug-likeness (QED) is 0.674. The van der Waals surface area contributed by atoms with Crippen molar-refractivity contribution in [2.75, 3.05) is 6.54 Å². The Labute approximate surface area is 73.5 Å². The number of hydrogen-bond donors (Lipinski definition) is 1. The molecule has 0 rings (SSSR count). The molecule has 0 aliphatic heterocycles. The highest BCUT2D eigenvalue weighted by Gasteiger charge is 2.03. The molecule has 0 radical (unpaired) electrons. The van der Waals surface area contributed by atoms with Crippen molar-refractivity contribution in [1.82, 2.24) is 5.32 Å². The van der Waals surface area contributed by atoms with E-state index in [1.165, 1.54) is 6.92 Å². The number of hydrogen-bond acceptors (Lipinski definition) is 2. The van der Waals surface area contributed by atoms with E-state index in [4.69, 9.17) is 0 Å². The van der Waals surface area contributed by atoms with Gasteiger partial charge in [-0.2, -0.15) is 0 Å². The molecule has 0 aliphatic rings. The van der Waals surface area contributed by atoms with Gasteiger partial charge in [-0.25, -0.2) is 0 Å². The molecule has 0 aromatic carbocycles. The normalized spacial score (nSPS) is 10.0. The first kappa shape index (κ1) is 11.1. The summed E-state index contributed by atoms with van der Waals surface area (Å²) in [6.45, 7) is 5.98. The fourth-order valence-electron chi connectivity index (χ4n) is 0.821. The van der Waals surface area contributed by atoms with Crippen LogP contribution >= 0.6 is 0 Å². The molecule has 0 saturated carbocycles. The summed E-state index contributed by atoms with van der Waals surface area (Å²) >= 11 is 0. The third kappa shape index (κ3) is 7.25. The van der Waals surface area contributed by atoms with E-state index in [9.17, 15) is 9.59 Å². The average molecular weight is 171 g/mol. The molecule has 0 aliphatic carbocycles. The first-order chi connectivity index (χ1) is 5.52. The minimum absolute atomic E-state index is 0.0336. The molecule has 0 fully saturated rings. The van der Waals surface area contributed by atoms with Gasteiger partial charge in [0.2, 0.25) is 5.91 Å². The van der Waals surface area contributed by atoms with Gasteiger partial charge in [-0.3, -0.25) is 9.59 Å². The zero-order valence-electron chi connectivity index (χ0n) is 8.02. The van der Waals surface area contributed by atoms with Crippen molar-refractivity contribution in [1.29, 1.82) is 0 Å². The van der Waals surface area contributed by atoms with Crippen LogP contribution in [0.2, 0.25) is 0 Å². The van der Waals surface area contributed by atoms with Crippen LogP contribution in [0.5, 0.6) is 0 Å². The van der Waals surface area contributed by atoms with Crippen LogP contribution in [-0.4, -0.2) is 18.2 Å². The molecule has 0 heterocycles. The van der Waals surface area contributed by atoms with E-state index in [1.54, 1.807) is 0 Å². The number of rotatable bonds is 5. The highest BCUT2D eigenvalue weighted by molar-refractivity contribution is 5.78. The van der Waals surface area contributed by atoms with E-state index in [0.717, 1.165) is 0 Å². The Kier molecular flexibility index (Phi) is 5.34. The summed E-state index contributed by atoms with van der Waals surface area (Å²) in [7, 11) is 0. The number of nitrogens with one attached hydrogen (secondary N) is 1. The molecule has 0 atom stereocenters. The molecule has 0 aromatic rings. The van der Waals surface area contributed by atoms with Crippen molar-refractivity contribution in [2.45, 2.75) is 33.6 Å². The lowest BCUT2D eigenvalue weighted by atomic mass is 10.1. The van der Waals surface area contributed by atoms with Crippen molar-refractivity contribution in [3.05, 3.63) is 0 Å². The Morgan fingerprint density at radius 1 is 1.33 bits per heavy atom. The SMILES string of the molecule is CC(=O)CCNC(=O)CC(C)C. The average Bonchev–Trinajstić information content (AvgIpc) is 1.84. The largest absolute Gasteiger partial charge is 0.356 e. The second-order valence-corrected chi connectivity index (χ2v) is 3.40. The Bertz CT molecular complexity index is 164. The summed E-state index contributed by atoms with van der Waals surface area (Å²) in [5, 5.41) is 2.69. The molecule has 3 heteroatoms. The van der Waals surface area contributed by atoms with Crippen molar-refractivity contribution in [3.8, 4) is 0 Å². The zero-order chi connectivity index (χ0) is 9.56. The van der Waals surface area contributed by atoms with Crippen molar-refractivity contribution in [3.63, 3.8) is 0 Å². The minimum Gasteiger partial charge on any atom is -0.356 e. The molecule has 0 spiro atoms. The van der Waals surface area contributed by atoms with Gasteiger partial charge < -0.3 is 5.32 Å². The highest BCUT2D eigenvalue weighted by atomic mass is 16.1. The van der Waals surface area contributed by atoms with Crippen molar-refractivity contribution >= 4 is 11.7 Å². The molecular weight excluding hydrogens is 154 g/mol. The lowest BCUT2D eigenvalue weighted by molar-refractivity contribution is -0.122. The second kappa shape index (κ2) is 5.75. The first-order valence-corrected chi connectivity index (χ1v) is 4.28. The number of ketones is 1. The Hall–Kier alpha value is -0.860. The van der Waals surface area contributed by atoms with Crippen LogP contribution in [0.4, 0.5) is 0 Å². The summed E-state index contributed by atoms with van der Waals surface area (Å²) in [6.07, 6.45) is 0.974. The third-order valence-electron chi connectivity index (χ3n) is 1.39. The van der Waals surface area contributed by atoms with Gasteiger partial charge in [0.15, 0.2) is 0 Å². The molecule has 0 unspecified atom stereocenters. The van der Waals surface area contributed by atoms with Gasteiger partial charge in [0.1, 0.15) is 5.78 Å². The summed E-state index contributed by atoms with van der Waals surface area (Å²) in [5.41, 5.74) is 0. The predicted octanol–water partition coefficient (Wildman–Crippen LogP) is 1.13. The molecule has 1 amide bonds. The number of Topliss-reactive ketones (excluding diaryl/α,β-unsaturated/α-hetero) is 1. The molecular formula is C9H17NO2. The number of carbonyl (C=O) groups is 2.